The number of rotatable bonds is 0. The third-order valence-corrected chi connectivity index (χ3v) is 3.69. The van der Waals surface area contributed by atoms with Gasteiger partial charge in [0.1, 0.15) is 0 Å². The highest BCUT2D eigenvalue weighted by atomic mass is 16.5. The SMILES string of the molecule is C[C@H]1[C@H]2[C@H](N)CCC[C@H]2O[C@H]1C. The molecule has 1 saturated carbocycles. The summed E-state index contributed by atoms with van der Waals surface area (Å²) in [6.45, 7) is 4.45. The fourth-order valence-electron chi connectivity index (χ4n) is 2.82. The highest BCUT2D eigenvalue weighted by Gasteiger charge is 2.44. The molecule has 2 nitrogen and oxygen atoms in total. The maximum atomic E-state index is 6.09. The maximum absolute atomic E-state index is 6.09. The van der Waals surface area contributed by atoms with Gasteiger partial charge in [-0.05, 0) is 32.1 Å². The van der Waals surface area contributed by atoms with Crippen LogP contribution in [0.2, 0.25) is 0 Å². The van der Waals surface area contributed by atoms with E-state index in [9.17, 15) is 0 Å². The molecule has 2 aliphatic rings. The van der Waals surface area contributed by atoms with Gasteiger partial charge in [0, 0.05) is 12.0 Å². The van der Waals surface area contributed by atoms with Crippen molar-refractivity contribution >= 4 is 0 Å². The molecule has 1 heterocycles. The Balaban J connectivity index is 2.12. The van der Waals surface area contributed by atoms with Crippen molar-refractivity contribution in [2.75, 3.05) is 0 Å². The van der Waals surface area contributed by atoms with Crippen LogP contribution in [-0.2, 0) is 4.74 Å². The van der Waals surface area contributed by atoms with Crippen LogP contribution in [0.25, 0.3) is 0 Å². The zero-order valence-electron chi connectivity index (χ0n) is 7.99. The van der Waals surface area contributed by atoms with E-state index >= 15 is 0 Å². The number of hydrogen-bond acceptors (Lipinski definition) is 2. The summed E-state index contributed by atoms with van der Waals surface area (Å²) in [4.78, 5) is 0. The van der Waals surface area contributed by atoms with Crippen LogP contribution in [0.4, 0.5) is 0 Å². The lowest BCUT2D eigenvalue weighted by Crippen LogP contribution is -2.41. The number of hydrogen-bond donors (Lipinski definition) is 1. The van der Waals surface area contributed by atoms with Crippen LogP contribution in [0.3, 0.4) is 0 Å². The first-order valence-corrected chi connectivity index (χ1v) is 5.11. The van der Waals surface area contributed by atoms with Crippen molar-refractivity contribution < 1.29 is 4.74 Å². The molecule has 0 unspecified atom stereocenters. The summed E-state index contributed by atoms with van der Waals surface area (Å²) >= 11 is 0. The van der Waals surface area contributed by atoms with Crippen molar-refractivity contribution in [1.82, 2.24) is 0 Å². The zero-order valence-corrected chi connectivity index (χ0v) is 7.99. The molecule has 2 rings (SSSR count). The summed E-state index contributed by atoms with van der Waals surface area (Å²) < 4.78 is 5.87. The second-order valence-corrected chi connectivity index (χ2v) is 4.41. The normalized spacial score (nSPS) is 53.8. The van der Waals surface area contributed by atoms with Gasteiger partial charge in [-0.15, -0.1) is 0 Å². The molecule has 1 saturated heterocycles. The van der Waals surface area contributed by atoms with Crippen molar-refractivity contribution in [3.05, 3.63) is 0 Å². The summed E-state index contributed by atoms with van der Waals surface area (Å²) in [5, 5.41) is 0. The average molecular weight is 169 g/mol. The first kappa shape index (κ1) is 8.52. The first-order valence-electron chi connectivity index (χ1n) is 5.11. The molecule has 2 N–H and O–H groups in total. The Kier molecular flexibility index (Phi) is 2.13. The molecule has 2 fully saturated rings. The van der Waals surface area contributed by atoms with Crippen LogP contribution >= 0.6 is 0 Å². The quantitative estimate of drug-likeness (QED) is 0.597. The monoisotopic (exact) mass is 169 g/mol. The molecule has 0 aromatic carbocycles. The Morgan fingerprint density at radius 1 is 1.25 bits per heavy atom. The maximum Gasteiger partial charge on any atom is 0.0625 e. The van der Waals surface area contributed by atoms with E-state index in [1.54, 1.807) is 0 Å². The average Bonchev–Trinajstić information content (AvgIpc) is 2.29. The Hall–Kier alpha value is -0.0800. The van der Waals surface area contributed by atoms with E-state index in [-0.39, 0.29) is 0 Å². The van der Waals surface area contributed by atoms with Crippen molar-refractivity contribution in [1.29, 1.82) is 0 Å². The largest absolute Gasteiger partial charge is 0.375 e. The van der Waals surface area contributed by atoms with Gasteiger partial charge in [-0.25, -0.2) is 0 Å². The van der Waals surface area contributed by atoms with Gasteiger partial charge in [-0.2, -0.15) is 0 Å². The van der Waals surface area contributed by atoms with Gasteiger partial charge in [0.25, 0.3) is 0 Å². The van der Waals surface area contributed by atoms with E-state index in [2.05, 4.69) is 13.8 Å². The predicted molar refractivity (Wildman–Crippen MR) is 48.8 cm³/mol. The number of ether oxygens (including phenoxy) is 1. The van der Waals surface area contributed by atoms with Gasteiger partial charge in [0.2, 0.25) is 0 Å². The molecule has 12 heavy (non-hydrogen) atoms. The number of fused-ring (bicyclic) bond motifs is 1. The third kappa shape index (κ3) is 1.17. The molecule has 2 heteroatoms. The van der Waals surface area contributed by atoms with E-state index < -0.39 is 0 Å². The molecule has 70 valence electrons. The second-order valence-electron chi connectivity index (χ2n) is 4.41. The summed E-state index contributed by atoms with van der Waals surface area (Å²) in [5.74, 6) is 1.29. The standard InChI is InChI=1S/C10H19NO/c1-6-7(2)12-9-5-3-4-8(11)10(6)9/h6-10H,3-5,11H2,1-2H3/t6-,7+,8-,9-,10+/m1/s1. The molecule has 1 aliphatic heterocycles. The predicted octanol–water partition coefficient (Wildman–Crippen LogP) is 1.54. The zero-order chi connectivity index (χ0) is 8.72. The lowest BCUT2D eigenvalue weighted by Gasteiger charge is -2.31. The highest BCUT2D eigenvalue weighted by Crippen LogP contribution is 2.40. The molecular weight excluding hydrogens is 150 g/mol. The van der Waals surface area contributed by atoms with E-state index in [0.717, 1.165) is 0 Å². The molecule has 5 atom stereocenters. The fourth-order valence-corrected chi connectivity index (χ4v) is 2.82. The molecule has 0 spiro atoms. The summed E-state index contributed by atoms with van der Waals surface area (Å²) in [6.07, 6.45) is 4.57. The van der Waals surface area contributed by atoms with Crippen molar-refractivity contribution in [2.24, 2.45) is 17.6 Å². The lowest BCUT2D eigenvalue weighted by atomic mass is 9.76. The highest BCUT2D eigenvalue weighted by molar-refractivity contribution is 4.94. The van der Waals surface area contributed by atoms with Gasteiger partial charge < -0.3 is 10.5 Å². The summed E-state index contributed by atoms with van der Waals surface area (Å²) in [5.41, 5.74) is 6.09. The Morgan fingerprint density at radius 2 is 2.00 bits per heavy atom. The van der Waals surface area contributed by atoms with Gasteiger partial charge in [-0.3, -0.25) is 0 Å². The van der Waals surface area contributed by atoms with Crippen LogP contribution in [0.5, 0.6) is 0 Å². The van der Waals surface area contributed by atoms with E-state index in [0.29, 0.717) is 30.1 Å². The minimum absolute atomic E-state index is 0.392. The van der Waals surface area contributed by atoms with Crippen LogP contribution in [0, 0.1) is 11.8 Å². The van der Waals surface area contributed by atoms with Crippen LogP contribution in [0.15, 0.2) is 0 Å². The fraction of sp³-hybridized carbons (Fsp3) is 1.00. The Morgan fingerprint density at radius 3 is 2.67 bits per heavy atom. The van der Waals surface area contributed by atoms with Gasteiger partial charge in [0.05, 0.1) is 12.2 Å². The van der Waals surface area contributed by atoms with Crippen molar-refractivity contribution in [2.45, 2.75) is 51.4 Å². The minimum Gasteiger partial charge on any atom is -0.375 e. The topological polar surface area (TPSA) is 35.2 Å². The van der Waals surface area contributed by atoms with Gasteiger partial charge in [-0.1, -0.05) is 6.92 Å². The summed E-state index contributed by atoms with van der Waals surface area (Å²) in [6, 6.07) is 0.392. The van der Waals surface area contributed by atoms with Gasteiger partial charge >= 0.3 is 0 Å². The Labute approximate surface area is 74.5 Å². The summed E-state index contributed by atoms with van der Waals surface area (Å²) in [7, 11) is 0. The van der Waals surface area contributed by atoms with Gasteiger partial charge in [0.15, 0.2) is 0 Å². The van der Waals surface area contributed by atoms with Crippen molar-refractivity contribution in [3.63, 3.8) is 0 Å². The molecule has 0 aromatic rings. The van der Waals surface area contributed by atoms with E-state index in [4.69, 9.17) is 10.5 Å². The van der Waals surface area contributed by atoms with Crippen LogP contribution in [0.1, 0.15) is 33.1 Å². The molecule has 1 aliphatic carbocycles. The van der Waals surface area contributed by atoms with Crippen molar-refractivity contribution in [3.8, 4) is 0 Å². The molecule has 0 radical (unpaired) electrons. The molecule has 0 aromatic heterocycles. The lowest BCUT2D eigenvalue weighted by molar-refractivity contribution is 0.0216. The molecule has 0 amide bonds. The van der Waals surface area contributed by atoms with E-state index in [1.807, 2.05) is 0 Å². The first-order chi connectivity index (χ1) is 5.70. The van der Waals surface area contributed by atoms with E-state index in [1.165, 1.54) is 19.3 Å². The van der Waals surface area contributed by atoms with Crippen LogP contribution < -0.4 is 5.73 Å². The number of nitrogens with two attached hydrogens (primary N) is 1. The Bertz CT molecular complexity index is 171. The third-order valence-electron chi connectivity index (χ3n) is 3.69. The second kappa shape index (κ2) is 3.00. The molecular formula is C10H19NO. The minimum atomic E-state index is 0.392. The smallest absolute Gasteiger partial charge is 0.0625 e. The van der Waals surface area contributed by atoms with Crippen LogP contribution in [-0.4, -0.2) is 18.2 Å². The molecule has 0 bridgehead atoms.